The van der Waals surface area contributed by atoms with Crippen LogP contribution < -0.4 is 20.1 Å². The predicted octanol–water partition coefficient (Wildman–Crippen LogP) is 2.06. The van der Waals surface area contributed by atoms with E-state index in [1.807, 2.05) is 31.2 Å². The van der Waals surface area contributed by atoms with Crippen molar-refractivity contribution in [1.82, 2.24) is 15.0 Å². The molecule has 0 bridgehead atoms. The Bertz CT molecular complexity index is 537. The lowest BCUT2D eigenvalue weighted by Gasteiger charge is -2.08. The Morgan fingerprint density at radius 1 is 1.05 bits per heavy atom. The molecule has 0 saturated heterocycles. The van der Waals surface area contributed by atoms with Crippen LogP contribution in [-0.4, -0.2) is 35.7 Å². The van der Waals surface area contributed by atoms with Crippen molar-refractivity contribution >= 4 is 17.6 Å². The summed E-state index contributed by atoms with van der Waals surface area (Å²) < 4.78 is 10.4. The molecule has 7 heteroatoms. The van der Waals surface area contributed by atoms with Crippen LogP contribution >= 0.6 is 0 Å². The van der Waals surface area contributed by atoms with Crippen molar-refractivity contribution < 1.29 is 9.47 Å². The zero-order valence-corrected chi connectivity index (χ0v) is 11.7. The van der Waals surface area contributed by atoms with Gasteiger partial charge in [0.1, 0.15) is 5.75 Å². The molecule has 0 radical (unpaired) electrons. The lowest BCUT2D eigenvalue weighted by Crippen LogP contribution is -2.05. The van der Waals surface area contributed by atoms with E-state index >= 15 is 0 Å². The molecule has 2 aromatic rings. The van der Waals surface area contributed by atoms with Crippen molar-refractivity contribution in [3.05, 3.63) is 24.3 Å². The maximum atomic E-state index is 5.39. The van der Waals surface area contributed by atoms with Gasteiger partial charge in [0.15, 0.2) is 0 Å². The van der Waals surface area contributed by atoms with Gasteiger partial charge >= 0.3 is 6.01 Å². The predicted molar refractivity (Wildman–Crippen MR) is 76.8 cm³/mol. The number of ether oxygens (including phenoxy) is 2. The fourth-order valence-electron chi connectivity index (χ4n) is 1.55. The molecule has 1 aromatic heterocycles. The number of anilines is 3. The molecule has 0 unspecified atom stereocenters. The standard InChI is InChI=1S/C13H17N5O2/c1-4-20-10-7-5-9(6-8-10)15-12-16-11(14-2)17-13(18-12)19-3/h5-8H,4H2,1-3H3,(H2,14,15,16,17,18). The van der Waals surface area contributed by atoms with E-state index in [1.54, 1.807) is 7.05 Å². The van der Waals surface area contributed by atoms with Gasteiger partial charge in [-0.05, 0) is 31.2 Å². The summed E-state index contributed by atoms with van der Waals surface area (Å²) in [6.07, 6.45) is 0. The number of nitrogens with zero attached hydrogens (tertiary/aromatic N) is 3. The highest BCUT2D eigenvalue weighted by Gasteiger charge is 2.06. The van der Waals surface area contributed by atoms with Gasteiger partial charge in [0.2, 0.25) is 11.9 Å². The SMILES string of the molecule is CCOc1ccc(Nc2nc(NC)nc(OC)n2)cc1. The van der Waals surface area contributed by atoms with Crippen molar-refractivity contribution in [1.29, 1.82) is 0 Å². The van der Waals surface area contributed by atoms with Crippen molar-refractivity contribution in [2.45, 2.75) is 6.92 Å². The Morgan fingerprint density at radius 3 is 2.35 bits per heavy atom. The Balaban J connectivity index is 2.16. The first kappa shape index (κ1) is 13.9. The maximum absolute atomic E-state index is 5.39. The lowest BCUT2D eigenvalue weighted by molar-refractivity contribution is 0.340. The molecule has 0 fully saturated rings. The van der Waals surface area contributed by atoms with Gasteiger partial charge in [0.25, 0.3) is 0 Å². The summed E-state index contributed by atoms with van der Waals surface area (Å²) in [5.41, 5.74) is 0.851. The fourth-order valence-corrected chi connectivity index (χ4v) is 1.55. The molecule has 1 aromatic carbocycles. The summed E-state index contributed by atoms with van der Waals surface area (Å²) in [7, 11) is 3.24. The second-order valence-corrected chi connectivity index (χ2v) is 3.80. The molecule has 20 heavy (non-hydrogen) atoms. The van der Waals surface area contributed by atoms with Crippen LogP contribution in [0.5, 0.6) is 11.8 Å². The van der Waals surface area contributed by atoms with Crippen LogP contribution in [0.15, 0.2) is 24.3 Å². The van der Waals surface area contributed by atoms with Crippen LogP contribution in [0.2, 0.25) is 0 Å². The topological polar surface area (TPSA) is 81.2 Å². The molecule has 2 N–H and O–H groups in total. The Labute approximate surface area is 117 Å². The van der Waals surface area contributed by atoms with Crippen molar-refractivity contribution in [2.75, 3.05) is 31.4 Å². The third-order valence-electron chi connectivity index (χ3n) is 2.44. The maximum Gasteiger partial charge on any atom is 0.322 e. The number of nitrogens with one attached hydrogen (secondary N) is 2. The molecule has 106 valence electrons. The largest absolute Gasteiger partial charge is 0.494 e. The van der Waals surface area contributed by atoms with Crippen molar-refractivity contribution in [3.63, 3.8) is 0 Å². The van der Waals surface area contributed by atoms with Gasteiger partial charge in [-0.15, -0.1) is 0 Å². The van der Waals surface area contributed by atoms with Crippen LogP contribution in [0.3, 0.4) is 0 Å². The molecule has 1 heterocycles. The second-order valence-electron chi connectivity index (χ2n) is 3.80. The van der Waals surface area contributed by atoms with Crippen LogP contribution in [0.25, 0.3) is 0 Å². The highest BCUT2D eigenvalue weighted by atomic mass is 16.5. The van der Waals surface area contributed by atoms with Crippen molar-refractivity contribution in [3.8, 4) is 11.8 Å². The van der Waals surface area contributed by atoms with Gasteiger partial charge in [-0.25, -0.2) is 0 Å². The molecule has 0 atom stereocenters. The number of methoxy groups -OCH3 is 1. The Morgan fingerprint density at radius 2 is 1.75 bits per heavy atom. The van der Waals surface area contributed by atoms with E-state index in [2.05, 4.69) is 25.6 Å². The summed E-state index contributed by atoms with van der Waals surface area (Å²) >= 11 is 0. The van der Waals surface area contributed by atoms with Gasteiger partial charge in [-0.2, -0.15) is 15.0 Å². The average molecular weight is 275 g/mol. The monoisotopic (exact) mass is 275 g/mol. The minimum atomic E-state index is 0.248. The number of aromatic nitrogens is 3. The van der Waals surface area contributed by atoms with Crippen LogP contribution in [0.4, 0.5) is 17.6 Å². The third kappa shape index (κ3) is 3.47. The average Bonchev–Trinajstić information content (AvgIpc) is 2.49. The Kier molecular flexibility index (Phi) is 4.54. The smallest absolute Gasteiger partial charge is 0.322 e. The summed E-state index contributed by atoms with van der Waals surface area (Å²) in [5, 5.41) is 5.94. The molecular weight excluding hydrogens is 258 g/mol. The molecule has 0 saturated carbocycles. The number of hydrogen-bond acceptors (Lipinski definition) is 7. The van der Waals surface area contributed by atoms with Crippen LogP contribution in [0.1, 0.15) is 6.92 Å². The highest BCUT2D eigenvalue weighted by Crippen LogP contribution is 2.19. The number of rotatable bonds is 6. The number of benzene rings is 1. The minimum Gasteiger partial charge on any atom is -0.494 e. The zero-order chi connectivity index (χ0) is 14.4. The summed E-state index contributed by atoms with van der Waals surface area (Å²) in [6, 6.07) is 7.78. The fraction of sp³-hybridized carbons (Fsp3) is 0.308. The molecule has 0 aliphatic rings. The van der Waals surface area contributed by atoms with E-state index in [4.69, 9.17) is 9.47 Å². The van der Waals surface area contributed by atoms with E-state index in [0.29, 0.717) is 18.5 Å². The first-order valence-corrected chi connectivity index (χ1v) is 6.23. The quantitative estimate of drug-likeness (QED) is 0.835. The minimum absolute atomic E-state index is 0.248. The summed E-state index contributed by atoms with van der Waals surface area (Å²) in [6.45, 7) is 2.59. The molecule has 0 amide bonds. The van der Waals surface area contributed by atoms with Crippen molar-refractivity contribution in [2.24, 2.45) is 0 Å². The van der Waals surface area contributed by atoms with Crippen LogP contribution in [0, 0.1) is 0 Å². The number of hydrogen-bond donors (Lipinski definition) is 2. The lowest BCUT2D eigenvalue weighted by atomic mass is 10.3. The highest BCUT2D eigenvalue weighted by molar-refractivity contribution is 5.55. The van der Waals surface area contributed by atoms with E-state index in [1.165, 1.54) is 7.11 Å². The van der Waals surface area contributed by atoms with E-state index in [0.717, 1.165) is 11.4 Å². The normalized spacial score (nSPS) is 9.95. The first-order valence-electron chi connectivity index (χ1n) is 6.23. The third-order valence-corrected chi connectivity index (χ3v) is 2.44. The molecule has 0 aliphatic heterocycles. The van der Waals surface area contributed by atoms with Gasteiger partial charge in [0.05, 0.1) is 13.7 Å². The molecule has 0 spiro atoms. The molecule has 2 rings (SSSR count). The van der Waals surface area contributed by atoms with Gasteiger partial charge in [-0.1, -0.05) is 0 Å². The van der Waals surface area contributed by atoms with Gasteiger partial charge < -0.3 is 20.1 Å². The molecule has 7 nitrogen and oxygen atoms in total. The summed E-state index contributed by atoms with van der Waals surface area (Å²) in [4.78, 5) is 12.4. The summed E-state index contributed by atoms with van der Waals surface area (Å²) in [5.74, 6) is 1.66. The molecular formula is C13H17N5O2. The molecule has 0 aliphatic carbocycles. The first-order chi connectivity index (χ1) is 9.75. The van der Waals surface area contributed by atoms with E-state index in [9.17, 15) is 0 Å². The van der Waals surface area contributed by atoms with Crippen LogP contribution in [-0.2, 0) is 0 Å². The van der Waals surface area contributed by atoms with Gasteiger partial charge in [-0.3, -0.25) is 0 Å². The zero-order valence-electron chi connectivity index (χ0n) is 11.7. The van der Waals surface area contributed by atoms with E-state index < -0.39 is 0 Å². The van der Waals surface area contributed by atoms with E-state index in [-0.39, 0.29) is 6.01 Å². The van der Waals surface area contributed by atoms with Gasteiger partial charge in [0, 0.05) is 12.7 Å². The Hall–Kier alpha value is -2.57. The second kappa shape index (κ2) is 6.55.